The second-order valence-corrected chi connectivity index (χ2v) is 5.24. The summed E-state index contributed by atoms with van der Waals surface area (Å²) >= 11 is 5.95. The highest BCUT2D eigenvalue weighted by atomic mass is 35.5. The van der Waals surface area contributed by atoms with Crippen molar-refractivity contribution in [2.45, 2.75) is 6.92 Å². The molecule has 2 N–H and O–H groups in total. The number of aromatic nitrogens is 1. The Kier molecular flexibility index (Phi) is 4.02. The predicted molar refractivity (Wildman–Crippen MR) is 88.9 cm³/mol. The van der Waals surface area contributed by atoms with Crippen molar-refractivity contribution in [1.82, 2.24) is 4.98 Å². The Morgan fingerprint density at radius 1 is 1.23 bits per heavy atom. The Balaban J connectivity index is 1.81. The summed E-state index contributed by atoms with van der Waals surface area (Å²) in [4.78, 5) is 15.4. The highest BCUT2D eigenvalue weighted by Crippen LogP contribution is 2.23. The third kappa shape index (κ3) is 2.92. The number of rotatable bonds is 4. The standard InChI is InChI=1S/C17H15ClN2O2/c1-2-22-13-6-4-12(5-7-13)20-17(21)15-10-19-16-9-11(18)3-8-14(15)16/h3-10,19H,2H2,1H3,(H,20,21). The van der Waals surface area contributed by atoms with Crippen LogP contribution in [0, 0.1) is 0 Å². The first kappa shape index (κ1) is 14.5. The highest BCUT2D eigenvalue weighted by molar-refractivity contribution is 6.31. The molecule has 4 nitrogen and oxygen atoms in total. The van der Waals surface area contributed by atoms with Crippen molar-refractivity contribution in [3.8, 4) is 5.75 Å². The number of halogens is 1. The molecule has 0 unspecified atom stereocenters. The first-order valence-corrected chi connectivity index (χ1v) is 7.36. The summed E-state index contributed by atoms with van der Waals surface area (Å²) in [6.45, 7) is 2.54. The van der Waals surface area contributed by atoms with Crippen LogP contribution in [0.2, 0.25) is 5.02 Å². The zero-order chi connectivity index (χ0) is 15.5. The Bertz CT molecular complexity index is 809. The van der Waals surface area contributed by atoms with E-state index < -0.39 is 0 Å². The van der Waals surface area contributed by atoms with Gasteiger partial charge in [-0.3, -0.25) is 4.79 Å². The molecule has 1 heterocycles. The molecule has 22 heavy (non-hydrogen) atoms. The zero-order valence-electron chi connectivity index (χ0n) is 12.0. The zero-order valence-corrected chi connectivity index (χ0v) is 12.8. The largest absolute Gasteiger partial charge is 0.494 e. The van der Waals surface area contributed by atoms with Crippen LogP contribution in [0.5, 0.6) is 5.75 Å². The third-order valence-corrected chi connectivity index (χ3v) is 3.55. The molecule has 0 saturated heterocycles. The SMILES string of the molecule is CCOc1ccc(NC(=O)c2c[nH]c3cc(Cl)ccc23)cc1. The van der Waals surface area contributed by atoms with Crippen LogP contribution in [0.15, 0.2) is 48.7 Å². The minimum absolute atomic E-state index is 0.169. The first-order chi connectivity index (χ1) is 10.7. The number of hydrogen-bond acceptors (Lipinski definition) is 2. The van der Waals surface area contributed by atoms with Crippen molar-refractivity contribution in [2.75, 3.05) is 11.9 Å². The minimum atomic E-state index is -0.169. The summed E-state index contributed by atoms with van der Waals surface area (Å²) in [5, 5.41) is 4.35. The second kappa shape index (κ2) is 6.12. The normalized spacial score (nSPS) is 10.6. The fourth-order valence-corrected chi connectivity index (χ4v) is 2.46. The monoisotopic (exact) mass is 314 g/mol. The number of fused-ring (bicyclic) bond motifs is 1. The van der Waals surface area contributed by atoms with Gasteiger partial charge in [-0.15, -0.1) is 0 Å². The van der Waals surface area contributed by atoms with E-state index in [1.165, 1.54) is 0 Å². The maximum absolute atomic E-state index is 12.4. The average molecular weight is 315 g/mol. The van der Waals surface area contributed by atoms with Crippen LogP contribution in [0.3, 0.4) is 0 Å². The van der Waals surface area contributed by atoms with Gasteiger partial charge in [0, 0.05) is 27.8 Å². The molecule has 0 aliphatic carbocycles. The maximum atomic E-state index is 12.4. The summed E-state index contributed by atoms with van der Waals surface area (Å²) in [5.41, 5.74) is 2.14. The van der Waals surface area contributed by atoms with Crippen molar-refractivity contribution in [2.24, 2.45) is 0 Å². The van der Waals surface area contributed by atoms with Crippen LogP contribution in [-0.2, 0) is 0 Å². The minimum Gasteiger partial charge on any atom is -0.494 e. The molecule has 0 aliphatic heterocycles. The molecular weight excluding hydrogens is 300 g/mol. The summed E-state index contributed by atoms with van der Waals surface area (Å²) < 4.78 is 5.38. The Labute approximate surface area is 133 Å². The van der Waals surface area contributed by atoms with Gasteiger partial charge in [0.05, 0.1) is 12.2 Å². The third-order valence-electron chi connectivity index (χ3n) is 3.31. The maximum Gasteiger partial charge on any atom is 0.257 e. The molecule has 2 aromatic carbocycles. The number of amides is 1. The molecule has 0 spiro atoms. The Morgan fingerprint density at radius 3 is 2.73 bits per heavy atom. The number of carbonyl (C=O) groups is 1. The van der Waals surface area contributed by atoms with Crippen molar-refractivity contribution in [3.63, 3.8) is 0 Å². The van der Waals surface area contributed by atoms with Gasteiger partial charge in [-0.2, -0.15) is 0 Å². The Hall–Kier alpha value is -2.46. The van der Waals surface area contributed by atoms with Crippen molar-refractivity contribution < 1.29 is 9.53 Å². The van der Waals surface area contributed by atoms with Crippen LogP contribution >= 0.6 is 11.6 Å². The van der Waals surface area contributed by atoms with Gasteiger partial charge >= 0.3 is 0 Å². The van der Waals surface area contributed by atoms with Crippen LogP contribution in [0.4, 0.5) is 5.69 Å². The van der Waals surface area contributed by atoms with E-state index in [0.717, 1.165) is 22.3 Å². The molecule has 3 rings (SSSR count). The fourth-order valence-electron chi connectivity index (χ4n) is 2.29. The fraction of sp³-hybridized carbons (Fsp3) is 0.118. The summed E-state index contributed by atoms with van der Waals surface area (Å²) in [6.07, 6.45) is 1.69. The van der Waals surface area contributed by atoms with E-state index in [2.05, 4.69) is 10.3 Å². The number of H-pyrrole nitrogens is 1. The lowest BCUT2D eigenvalue weighted by molar-refractivity contribution is 0.102. The first-order valence-electron chi connectivity index (χ1n) is 6.98. The lowest BCUT2D eigenvalue weighted by Gasteiger charge is -2.06. The van der Waals surface area contributed by atoms with Crippen LogP contribution < -0.4 is 10.1 Å². The van der Waals surface area contributed by atoms with Crippen molar-refractivity contribution >= 4 is 34.1 Å². The van der Waals surface area contributed by atoms with E-state index in [9.17, 15) is 4.79 Å². The van der Waals surface area contributed by atoms with E-state index in [0.29, 0.717) is 17.2 Å². The van der Waals surface area contributed by atoms with Crippen LogP contribution in [0.1, 0.15) is 17.3 Å². The van der Waals surface area contributed by atoms with E-state index in [4.69, 9.17) is 16.3 Å². The molecule has 112 valence electrons. The predicted octanol–water partition coefficient (Wildman–Crippen LogP) is 4.47. The average Bonchev–Trinajstić information content (AvgIpc) is 2.92. The van der Waals surface area contributed by atoms with Gasteiger partial charge in [0.15, 0.2) is 0 Å². The molecule has 0 atom stereocenters. The van der Waals surface area contributed by atoms with Crippen molar-refractivity contribution in [3.05, 3.63) is 59.2 Å². The molecule has 1 amide bonds. The summed E-state index contributed by atoms with van der Waals surface area (Å²) in [6, 6.07) is 12.7. The second-order valence-electron chi connectivity index (χ2n) is 4.80. The molecule has 5 heteroatoms. The van der Waals surface area contributed by atoms with Crippen LogP contribution in [-0.4, -0.2) is 17.5 Å². The van der Waals surface area contributed by atoms with Gasteiger partial charge in [0.25, 0.3) is 5.91 Å². The molecule has 0 saturated carbocycles. The molecular formula is C17H15ClN2O2. The molecule has 1 aromatic heterocycles. The number of ether oxygens (including phenoxy) is 1. The molecule has 0 radical (unpaired) electrons. The van der Waals surface area contributed by atoms with Gasteiger partial charge in [-0.05, 0) is 43.3 Å². The van der Waals surface area contributed by atoms with Gasteiger partial charge < -0.3 is 15.0 Å². The highest BCUT2D eigenvalue weighted by Gasteiger charge is 2.12. The molecule has 0 aliphatic rings. The van der Waals surface area contributed by atoms with Gasteiger partial charge in [-0.1, -0.05) is 17.7 Å². The molecule has 0 fully saturated rings. The topological polar surface area (TPSA) is 54.1 Å². The number of anilines is 1. The Morgan fingerprint density at radius 2 is 2.00 bits per heavy atom. The number of benzene rings is 2. The summed E-state index contributed by atoms with van der Waals surface area (Å²) in [5.74, 6) is 0.611. The van der Waals surface area contributed by atoms with Gasteiger partial charge in [0.1, 0.15) is 5.75 Å². The quantitative estimate of drug-likeness (QED) is 0.746. The molecule has 0 bridgehead atoms. The van der Waals surface area contributed by atoms with E-state index in [-0.39, 0.29) is 5.91 Å². The van der Waals surface area contributed by atoms with Crippen LogP contribution in [0.25, 0.3) is 10.9 Å². The summed E-state index contributed by atoms with van der Waals surface area (Å²) in [7, 11) is 0. The van der Waals surface area contributed by atoms with Gasteiger partial charge in [-0.25, -0.2) is 0 Å². The number of nitrogens with one attached hydrogen (secondary N) is 2. The smallest absolute Gasteiger partial charge is 0.257 e. The van der Waals surface area contributed by atoms with Gasteiger partial charge in [0.2, 0.25) is 0 Å². The van der Waals surface area contributed by atoms with E-state index in [1.54, 1.807) is 18.3 Å². The lowest BCUT2D eigenvalue weighted by atomic mass is 10.1. The van der Waals surface area contributed by atoms with Crippen molar-refractivity contribution in [1.29, 1.82) is 0 Å². The number of aromatic amines is 1. The number of hydrogen-bond donors (Lipinski definition) is 2. The number of carbonyl (C=O) groups excluding carboxylic acids is 1. The molecule has 3 aromatic rings. The van der Waals surface area contributed by atoms with E-state index >= 15 is 0 Å². The lowest BCUT2D eigenvalue weighted by Crippen LogP contribution is -2.11. The van der Waals surface area contributed by atoms with E-state index in [1.807, 2.05) is 37.3 Å².